The van der Waals surface area contributed by atoms with Crippen LogP contribution in [0.1, 0.15) is 18.9 Å². The molecular formula is C11H16N2O. The third-order valence-electron chi connectivity index (χ3n) is 1.91. The molecule has 3 heteroatoms. The number of anilines is 1. The normalized spacial score (nSPS) is 9.86. The number of hydrogen-bond acceptors (Lipinski definition) is 2. The van der Waals surface area contributed by atoms with Gasteiger partial charge in [0.25, 0.3) is 0 Å². The fraction of sp³-hybridized carbons (Fsp3) is 0.364. The quantitative estimate of drug-likeness (QED) is 0.763. The van der Waals surface area contributed by atoms with E-state index >= 15 is 0 Å². The molecule has 0 atom stereocenters. The number of rotatable bonds is 4. The average molecular weight is 192 g/mol. The molecule has 0 aliphatic carbocycles. The summed E-state index contributed by atoms with van der Waals surface area (Å²) in [5.74, 6) is 0.0478. The van der Waals surface area contributed by atoms with Crippen molar-refractivity contribution in [3.63, 3.8) is 0 Å². The zero-order chi connectivity index (χ0) is 10.4. The molecule has 1 aromatic carbocycles. The Hall–Kier alpha value is -1.35. The predicted molar refractivity (Wildman–Crippen MR) is 58.1 cm³/mol. The molecule has 3 nitrogen and oxygen atoms in total. The smallest absolute Gasteiger partial charge is 0.224 e. The van der Waals surface area contributed by atoms with E-state index in [1.54, 1.807) is 0 Å². The molecule has 14 heavy (non-hydrogen) atoms. The highest BCUT2D eigenvalue weighted by Gasteiger charge is 1.99. The van der Waals surface area contributed by atoms with Crippen LogP contribution in [0.3, 0.4) is 0 Å². The van der Waals surface area contributed by atoms with Crippen molar-refractivity contribution in [3.05, 3.63) is 29.8 Å². The topological polar surface area (TPSA) is 41.1 Å². The molecule has 0 aromatic heterocycles. The van der Waals surface area contributed by atoms with E-state index in [0.29, 0.717) is 6.42 Å². The first-order valence-electron chi connectivity index (χ1n) is 4.79. The third kappa shape index (κ3) is 3.18. The summed E-state index contributed by atoms with van der Waals surface area (Å²) in [5.41, 5.74) is 2.03. The van der Waals surface area contributed by atoms with Crippen molar-refractivity contribution in [2.45, 2.75) is 19.9 Å². The van der Waals surface area contributed by atoms with Crippen molar-refractivity contribution in [1.29, 1.82) is 0 Å². The summed E-state index contributed by atoms with van der Waals surface area (Å²) in [6, 6.07) is 7.84. The van der Waals surface area contributed by atoms with Crippen molar-refractivity contribution in [2.75, 3.05) is 12.4 Å². The van der Waals surface area contributed by atoms with Gasteiger partial charge in [0.1, 0.15) is 0 Å². The van der Waals surface area contributed by atoms with Crippen LogP contribution >= 0.6 is 0 Å². The molecule has 0 bridgehead atoms. The van der Waals surface area contributed by atoms with Gasteiger partial charge in [-0.05, 0) is 24.7 Å². The van der Waals surface area contributed by atoms with Crippen LogP contribution in [-0.2, 0) is 11.3 Å². The number of benzene rings is 1. The summed E-state index contributed by atoms with van der Waals surface area (Å²) < 4.78 is 0. The fourth-order valence-corrected chi connectivity index (χ4v) is 1.21. The van der Waals surface area contributed by atoms with Gasteiger partial charge in [0, 0.05) is 18.7 Å². The van der Waals surface area contributed by atoms with Gasteiger partial charge >= 0.3 is 0 Å². The molecule has 0 heterocycles. The number of amides is 1. The van der Waals surface area contributed by atoms with Crippen LogP contribution in [0, 0.1) is 0 Å². The van der Waals surface area contributed by atoms with E-state index in [0.717, 1.165) is 12.2 Å². The second-order valence-corrected chi connectivity index (χ2v) is 3.13. The Balaban J connectivity index is 2.68. The van der Waals surface area contributed by atoms with E-state index in [9.17, 15) is 4.79 Å². The molecule has 0 spiro atoms. The van der Waals surface area contributed by atoms with Gasteiger partial charge in [0.2, 0.25) is 5.91 Å². The predicted octanol–water partition coefficient (Wildman–Crippen LogP) is 1.75. The summed E-state index contributed by atoms with van der Waals surface area (Å²) in [6.45, 7) is 2.66. The molecular weight excluding hydrogens is 176 g/mol. The minimum atomic E-state index is 0.0478. The van der Waals surface area contributed by atoms with Gasteiger partial charge < -0.3 is 10.6 Å². The second kappa shape index (κ2) is 5.40. The van der Waals surface area contributed by atoms with Gasteiger partial charge in [-0.15, -0.1) is 0 Å². The minimum absolute atomic E-state index is 0.0478. The van der Waals surface area contributed by atoms with E-state index in [1.807, 2.05) is 38.2 Å². The molecule has 1 amide bonds. The van der Waals surface area contributed by atoms with Gasteiger partial charge in [-0.1, -0.05) is 19.1 Å². The van der Waals surface area contributed by atoms with Crippen LogP contribution in [0.5, 0.6) is 0 Å². The van der Waals surface area contributed by atoms with Crippen LogP contribution in [0.25, 0.3) is 0 Å². The fourth-order valence-electron chi connectivity index (χ4n) is 1.21. The summed E-state index contributed by atoms with van der Waals surface area (Å²) in [7, 11) is 1.90. The zero-order valence-corrected chi connectivity index (χ0v) is 8.63. The highest BCUT2D eigenvalue weighted by Crippen LogP contribution is 2.10. The number of hydrogen-bond donors (Lipinski definition) is 2. The van der Waals surface area contributed by atoms with Gasteiger partial charge in [-0.2, -0.15) is 0 Å². The molecule has 1 rings (SSSR count). The van der Waals surface area contributed by atoms with Crippen molar-refractivity contribution in [3.8, 4) is 0 Å². The van der Waals surface area contributed by atoms with Crippen LogP contribution in [0.2, 0.25) is 0 Å². The lowest BCUT2D eigenvalue weighted by Gasteiger charge is -2.05. The number of nitrogens with one attached hydrogen (secondary N) is 2. The monoisotopic (exact) mass is 192 g/mol. The maximum absolute atomic E-state index is 11.1. The van der Waals surface area contributed by atoms with E-state index in [4.69, 9.17) is 0 Å². The lowest BCUT2D eigenvalue weighted by atomic mass is 10.2. The average Bonchev–Trinajstić information content (AvgIpc) is 2.19. The van der Waals surface area contributed by atoms with E-state index in [-0.39, 0.29) is 5.91 Å². The second-order valence-electron chi connectivity index (χ2n) is 3.13. The standard InChI is InChI=1S/C11H16N2O/c1-3-11(14)13-10-6-4-5-9(7-10)8-12-2/h4-7,12H,3,8H2,1-2H3,(H,13,14). The van der Waals surface area contributed by atoms with Crippen LogP contribution in [0.15, 0.2) is 24.3 Å². The maximum Gasteiger partial charge on any atom is 0.224 e. The number of carbonyl (C=O) groups excluding carboxylic acids is 1. The summed E-state index contributed by atoms with van der Waals surface area (Å²) in [4.78, 5) is 11.1. The van der Waals surface area contributed by atoms with Crippen LogP contribution in [0.4, 0.5) is 5.69 Å². The Labute approximate surface area is 84.5 Å². The summed E-state index contributed by atoms with van der Waals surface area (Å²) in [5, 5.41) is 5.89. The molecule has 0 saturated heterocycles. The molecule has 0 aliphatic rings. The van der Waals surface area contributed by atoms with Crippen molar-refractivity contribution >= 4 is 11.6 Å². The van der Waals surface area contributed by atoms with Crippen LogP contribution < -0.4 is 10.6 Å². The Bertz CT molecular complexity index is 310. The summed E-state index contributed by atoms with van der Waals surface area (Å²) >= 11 is 0. The third-order valence-corrected chi connectivity index (χ3v) is 1.91. The Morgan fingerprint density at radius 3 is 2.86 bits per heavy atom. The Kier molecular flexibility index (Phi) is 4.13. The van der Waals surface area contributed by atoms with Gasteiger partial charge in [-0.3, -0.25) is 4.79 Å². The molecule has 1 aromatic rings. The molecule has 0 radical (unpaired) electrons. The highest BCUT2D eigenvalue weighted by molar-refractivity contribution is 5.90. The van der Waals surface area contributed by atoms with Gasteiger partial charge in [0.05, 0.1) is 0 Å². The molecule has 0 aliphatic heterocycles. The highest BCUT2D eigenvalue weighted by atomic mass is 16.1. The molecule has 0 fully saturated rings. The zero-order valence-electron chi connectivity index (χ0n) is 8.63. The number of carbonyl (C=O) groups is 1. The van der Waals surface area contributed by atoms with Gasteiger partial charge in [-0.25, -0.2) is 0 Å². The summed E-state index contributed by atoms with van der Waals surface area (Å²) in [6.07, 6.45) is 0.510. The van der Waals surface area contributed by atoms with Crippen molar-refractivity contribution in [2.24, 2.45) is 0 Å². The molecule has 2 N–H and O–H groups in total. The SMILES string of the molecule is CCC(=O)Nc1cccc(CNC)c1. The first-order chi connectivity index (χ1) is 6.76. The Morgan fingerprint density at radius 1 is 1.43 bits per heavy atom. The molecule has 76 valence electrons. The lowest BCUT2D eigenvalue weighted by Crippen LogP contribution is -2.10. The van der Waals surface area contributed by atoms with E-state index in [1.165, 1.54) is 5.56 Å². The van der Waals surface area contributed by atoms with Crippen LogP contribution in [-0.4, -0.2) is 13.0 Å². The van der Waals surface area contributed by atoms with E-state index < -0.39 is 0 Å². The van der Waals surface area contributed by atoms with E-state index in [2.05, 4.69) is 10.6 Å². The van der Waals surface area contributed by atoms with Crippen molar-refractivity contribution < 1.29 is 4.79 Å². The first-order valence-corrected chi connectivity index (χ1v) is 4.79. The molecule has 0 unspecified atom stereocenters. The van der Waals surface area contributed by atoms with Gasteiger partial charge in [0.15, 0.2) is 0 Å². The maximum atomic E-state index is 11.1. The van der Waals surface area contributed by atoms with Crippen molar-refractivity contribution in [1.82, 2.24) is 5.32 Å². The Morgan fingerprint density at radius 2 is 2.21 bits per heavy atom. The lowest BCUT2D eigenvalue weighted by molar-refractivity contribution is -0.115. The minimum Gasteiger partial charge on any atom is -0.326 e. The first kappa shape index (κ1) is 10.7. The molecule has 0 saturated carbocycles. The largest absolute Gasteiger partial charge is 0.326 e.